The number of aliphatic hydroxyl groups is 1. The second kappa shape index (κ2) is 74.7. The van der Waals surface area contributed by atoms with E-state index in [1.807, 2.05) is 18.2 Å². The molecule has 0 aromatic heterocycles. The Labute approximate surface area is 619 Å². The molecule has 0 spiro atoms. The molecule has 2 unspecified atom stereocenters. The highest BCUT2D eigenvalue weighted by molar-refractivity contribution is 7.47. The van der Waals surface area contributed by atoms with Crippen molar-refractivity contribution in [2.24, 2.45) is 0 Å². The van der Waals surface area contributed by atoms with Crippen LogP contribution >= 0.6 is 15.6 Å². The van der Waals surface area contributed by atoms with Crippen molar-refractivity contribution < 1.29 is 80.2 Å². The van der Waals surface area contributed by atoms with E-state index in [1.165, 1.54) is 83.5 Å². The third-order valence-electron chi connectivity index (χ3n) is 16.4. The minimum absolute atomic E-state index is 0.0337. The zero-order valence-corrected chi connectivity index (χ0v) is 65.8. The first-order valence-electron chi connectivity index (χ1n) is 39.8. The summed E-state index contributed by atoms with van der Waals surface area (Å²) in [6, 6.07) is 0. The zero-order valence-electron chi connectivity index (χ0n) is 64.0. The molecule has 0 heterocycles. The van der Waals surface area contributed by atoms with Gasteiger partial charge in [-0.15, -0.1) is 0 Å². The minimum Gasteiger partial charge on any atom is -0.462 e. The Morgan fingerprint density at radius 1 is 0.275 bits per heavy atom. The van der Waals surface area contributed by atoms with Crippen LogP contribution in [0.3, 0.4) is 0 Å². The summed E-state index contributed by atoms with van der Waals surface area (Å²) in [6.45, 7) is 4.66. The molecule has 5 atom stereocenters. The summed E-state index contributed by atoms with van der Waals surface area (Å²) in [4.78, 5) is 72.9. The number of hydrogen-bond acceptors (Lipinski definition) is 15. The number of carbonyl (C=O) groups excluding carboxylic acids is 4. The molecule has 0 aromatic rings. The molecule has 0 aliphatic carbocycles. The summed E-state index contributed by atoms with van der Waals surface area (Å²) >= 11 is 0. The van der Waals surface area contributed by atoms with Crippen LogP contribution in [-0.4, -0.2) is 96.7 Å². The molecule has 0 saturated heterocycles. The van der Waals surface area contributed by atoms with Crippen LogP contribution in [0.25, 0.3) is 0 Å². The summed E-state index contributed by atoms with van der Waals surface area (Å²) in [5, 5.41) is 10.6. The van der Waals surface area contributed by atoms with E-state index in [0.717, 1.165) is 154 Å². The number of unbranched alkanes of at least 4 members (excludes halogenated alkanes) is 28. The van der Waals surface area contributed by atoms with E-state index in [-0.39, 0.29) is 25.7 Å². The lowest BCUT2D eigenvalue weighted by Crippen LogP contribution is -2.30. The third kappa shape index (κ3) is 73.8. The Kier molecular flexibility index (Phi) is 71.4. The van der Waals surface area contributed by atoms with Crippen LogP contribution in [0, 0.1) is 0 Å². The molecule has 102 heavy (non-hydrogen) atoms. The van der Waals surface area contributed by atoms with Crippen molar-refractivity contribution in [3.63, 3.8) is 0 Å². The van der Waals surface area contributed by atoms with Gasteiger partial charge < -0.3 is 33.8 Å². The summed E-state index contributed by atoms with van der Waals surface area (Å²) in [7, 11) is -9.99. The Balaban J connectivity index is 5.45. The quantitative estimate of drug-likeness (QED) is 0.0169. The monoisotopic (exact) mass is 1470 g/mol. The molecule has 0 radical (unpaired) electrons. The standard InChI is InChI=1S/C83H142O17P2/c1-5-9-13-17-21-25-29-33-36-37-38-39-42-46-50-54-58-62-66-70-83(88)100-79(74-94-81(86)68-64-60-56-52-48-45-41-35-31-27-23-19-15-11-7-3)76-98-102(91,92)96-72-77(84)71-95-101(89,90)97-75-78(99-82(87)69-65-61-57-53-49-43-32-28-24-20-16-12-8-4)73-93-80(85)67-63-59-55-51-47-44-40-34-30-26-22-18-14-10-6-2/h21-23,25-28,32-36,38-41,46,50,58,62,77-79,84H,5-20,24,29-31,37,42-45,47-49,51-57,59-61,63-76H2,1-4H3,(H,89,90)(H,91,92)/b25-21-,26-22-,27-23-,32-28-,36-33-,39-38-,40-34-,41-35-,50-46-,62-58-/t77-,78+,79+/m0/s1. The molecule has 0 amide bonds. The van der Waals surface area contributed by atoms with Gasteiger partial charge in [-0.1, -0.05) is 265 Å². The first-order chi connectivity index (χ1) is 49.7. The van der Waals surface area contributed by atoms with Crippen molar-refractivity contribution in [2.45, 2.75) is 341 Å². The maximum Gasteiger partial charge on any atom is 0.472 e. The predicted octanol–water partition coefficient (Wildman–Crippen LogP) is 23.1. The summed E-state index contributed by atoms with van der Waals surface area (Å²) < 4.78 is 68.5. The number of ether oxygens (including phenoxy) is 4. The fraction of sp³-hybridized carbons (Fsp3) is 0.711. The smallest absolute Gasteiger partial charge is 0.462 e. The maximum absolute atomic E-state index is 13.1. The van der Waals surface area contributed by atoms with Gasteiger partial charge in [-0.3, -0.25) is 37.3 Å². The highest BCUT2D eigenvalue weighted by Gasteiger charge is 2.30. The maximum atomic E-state index is 13.1. The molecule has 17 nitrogen and oxygen atoms in total. The lowest BCUT2D eigenvalue weighted by atomic mass is 10.1. The van der Waals surface area contributed by atoms with E-state index in [0.29, 0.717) is 32.1 Å². The van der Waals surface area contributed by atoms with E-state index in [1.54, 1.807) is 0 Å². The molecule has 0 fully saturated rings. The minimum atomic E-state index is -5.00. The van der Waals surface area contributed by atoms with E-state index in [9.17, 15) is 43.2 Å². The number of aliphatic hydroxyl groups excluding tert-OH is 1. The molecule has 0 aliphatic rings. The van der Waals surface area contributed by atoms with Crippen LogP contribution in [0.15, 0.2) is 122 Å². The third-order valence-corrected chi connectivity index (χ3v) is 18.3. The highest BCUT2D eigenvalue weighted by Crippen LogP contribution is 2.45. The number of phosphoric acid groups is 2. The number of allylic oxidation sites excluding steroid dienone is 20. The van der Waals surface area contributed by atoms with E-state index in [4.69, 9.17) is 37.0 Å². The Morgan fingerprint density at radius 3 is 0.824 bits per heavy atom. The molecule has 0 bridgehead atoms. The van der Waals surface area contributed by atoms with Crippen molar-refractivity contribution in [3.8, 4) is 0 Å². The first kappa shape index (κ1) is 97.5. The van der Waals surface area contributed by atoms with Gasteiger partial charge in [0.2, 0.25) is 0 Å². The van der Waals surface area contributed by atoms with Gasteiger partial charge in [0.15, 0.2) is 12.2 Å². The van der Waals surface area contributed by atoms with E-state index >= 15 is 0 Å². The average Bonchev–Trinajstić information content (AvgIpc) is 0.908. The van der Waals surface area contributed by atoms with E-state index in [2.05, 4.69) is 131 Å². The molecule has 586 valence electrons. The first-order valence-corrected chi connectivity index (χ1v) is 42.8. The Morgan fingerprint density at radius 2 is 0.500 bits per heavy atom. The molecule has 0 aliphatic heterocycles. The van der Waals surface area contributed by atoms with Crippen LogP contribution < -0.4 is 0 Å². The number of carbonyl (C=O) groups is 4. The van der Waals surface area contributed by atoms with Crippen molar-refractivity contribution in [3.05, 3.63) is 122 Å². The molecule has 3 N–H and O–H groups in total. The normalized spacial score (nSPS) is 14.5. The Hall–Kier alpha value is -4.54. The van der Waals surface area contributed by atoms with Crippen LogP contribution in [0.2, 0.25) is 0 Å². The zero-order chi connectivity index (χ0) is 74.6. The summed E-state index contributed by atoms with van der Waals surface area (Å²) in [5.74, 6) is -2.31. The highest BCUT2D eigenvalue weighted by atomic mass is 31.2. The molecule has 0 saturated carbocycles. The fourth-order valence-corrected chi connectivity index (χ4v) is 11.8. The molecule has 0 aromatic carbocycles. The van der Waals surface area contributed by atoms with E-state index < -0.39 is 97.5 Å². The van der Waals surface area contributed by atoms with Gasteiger partial charge in [-0.05, 0) is 154 Å². The average molecular weight is 1470 g/mol. The lowest BCUT2D eigenvalue weighted by Gasteiger charge is -2.21. The second-order valence-electron chi connectivity index (χ2n) is 26.3. The van der Waals surface area contributed by atoms with Crippen LogP contribution in [0.1, 0.15) is 323 Å². The van der Waals surface area contributed by atoms with Gasteiger partial charge in [0.25, 0.3) is 0 Å². The lowest BCUT2D eigenvalue weighted by molar-refractivity contribution is -0.161. The topological polar surface area (TPSA) is 237 Å². The van der Waals surface area contributed by atoms with Crippen LogP contribution in [0.4, 0.5) is 0 Å². The molecular formula is C83H142O17P2. The largest absolute Gasteiger partial charge is 0.472 e. The van der Waals surface area contributed by atoms with Crippen LogP contribution in [-0.2, 0) is 65.4 Å². The van der Waals surface area contributed by atoms with Crippen molar-refractivity contribution >= 4 is 39.5 Å². The van der Waals surface area contributed by atoms with Gasteiger partial charge in [0.05, 0.1) is 26.4 Å². The summed E-state index contributed by atoms with van der Waals surface area (Å²) in [6.07, 6.45) is 81.9. The summed E-state index contributed by atoms with van der Waals surface area (Å²) in [5.41, 5.74) is 0. The van der Waals surface area contributed by atoms with Gasteiger partial charge in [0.1, 0.15) is 19.3 Å². The van der Waals surface area contributed by atoms with Crippen molar-refractivity contribution in [1.29, 1.82) is 0 Å². The number of phosphoric ester groups is 2. The molecule has 19 heteroatoms. The SMILES string of the molecule is CCCCC/C=C\C/C=C\C/C=C\C/C=C\C/C=C\CCC(=O)O[C@H](COC(=O)CCCCCCC/C=C\C/C=C\CCCCC)COP(=O)(O)OC[C@@H](O)COP(=O)(O)OC[C@@H](COC(=O)CCCCCCC/C=C\C/C=C\CCCCC)OC(=O)CCCCCCC/C=C\CCCCCC. The number of rotatable bonds is 74. The fourth-order valence-electron chi connectivity index (χ4n) is 10.3. The number of hydrogen-bond donors (Lipinski definition) is 3. The van der Waals surface area contributed by atoms with Gasteiger partial charge in [-0.2, -0.15) is 0 Å². The van der Waals surface area contributed by atoms with Crippen molar-refractivity contribution in [1.82, 2.24) is 0 Å². The van der Waals surface area contributed by atoms with Gasteiger partial charge in [0, 0.05) is 25.7 Å². The van der Waals surface area contributed by atoms with Crippen molar-refractivity contribution in [2.75, 3.05) is 39.6 Å². The number of esters is 4. The predicted molar refractivity (Wildman–Crippen MR) is 418 cm³/mol. The molecule has 0 rings (SSSR count). The Bertz CT molecular complexity index is 2410. The molecular weight excluding hydrogens is 1330 g/mol. The second-order valence-corrected chi connectivity index (χ2v) is 29.2. The van der Waals surface area contributed by atoms with Crippen LogP contribution in [0.5, 0.6) is 0 Å². The van der Waals surface area contributed by atoms with Gasteiger partial charge >= 0.3 is 39.5 Å². The van der Waals surface area contributed by atoms with Gasteiger partial charge in [-0.25, -0.2) is 9.13 Å².